The van der Waals surface area contributed by atoms with Gasteiger partial charge in [0.15, 0.2) is 0 Å². The normalized spacial score (nSPS) is 24.9. The second kappa shape index (κ2) is 6.32. The lowest BCUT2D eigenvalue weighted by molar-refractivity contribution is -0.0349. The number of rotatable bonds is 4. The number of ether oxygens (including phenoxy) is 1. The van der Waals surface area contributed by atoms with Crippen molar-refractivity contribution in [1.29, 1.82) is 0 Å². The first-order chi connectivity index (χ1) is 9.76. The summed E-state index contributed by atoms with van der Waals surface area (Å²) in [5.74, 6) is 0. The van der Waals surface area contributed by atoms with Crippen LogP contribution in [0.2, 0.25) is 4.34 Å². The van der Waals surface area contributed by atoms with Crippen LogP contribution in [0.5, 0.6) is 0 Å². The fourth-order valence-electron chi connectivity index (χ4n) is 3.94. The van der Waals surface area contributed by atoms with E-state index in [2.05, 4.69) is 23.3 Å². The SMILES string of the molecule is CNC(c1ccc(Cl)s1)C1(N2CCOCC2)CCCC1. The third-order valence-electron chi connectivity index (χ3n) is 4.81. The van der Waals surface area contributed by atoms with Crippen LogP contribution in [0.3, 0.4) is 0 Å². The zero-order valence-corrected chi connectivity index (χ0v) is 13.6. The summed E-state index contributed by atoms with van der Waals surface area (Å²) in [5, 5.41) is 3.58. The number of nitrogens with zero attached hydrogens (tertiary/aromatic N) is 1. The van der Waals surface area contributed by atoms with E-state index in [-0.39, 0.29) is 5.54 Å². The fourth-order valence-corrected chi connectivity index (χ4v) is 5.23. The molecule has 1 aromatic heterocycles. The molecule has 0 radical (unpaired) electrons. The molecule has 0 spiro atoms. The Morgan fingerprint density at radius 2 is 2.00 bits per heavy atom. The number of hydrogen-bond acceptors (Lipinski definition) is 4. The quantitative estimate of drug-likeness (QED) is 0.923. The van der Waals surface area contributed by atoms with Gasteiger partial charge in [-0.15, -0.1) is 11.3 Å². The van der Waals surface area contributed by atoms with Crippen molar-refractivity contribution in [2.45, 2.75) is 37.3 Å². The van der Waals surface area contributed by atoms with E-state index in [1.165, 1.54) is 30.6 Å². The highest BCUT2D eigenvalue weighted by Crippen LogP contribution is 2.46. The second-order valence-corrected chi connectivity index (χ2v) is 7.52. The Bertz CT molecular complexity index is 439. The molecule has 1 saturated carbocycles. The van der Waals surface area contributed by atoms with E-state index in [4.69, 9.17) is 16.3 Å². The third kappa shape index (κ3) is 2.64. The molecule has 1 aliphatic heterocycles. The number of morpholine rings is 1. The molecule has 0 aromatic carbocycles. The number of likely N-dealkylation sites (N-methyl/N-ethyl adjacent to an activating group) is 1. The van der Waals surface area contributed by atoms with Crippen LogP contribution in [0, 0.1) is 0 Å². The average molecular weight is 315 g/mol. The van der Waals surface area contributed by atoms with Crippen LogP contribution in [-0.4, -0.2) is 43.8 Å². The molecule has 1 aliphatic carbocycles. The van der Waals surface area contributed by atoms with E-state index < -0.39 is 0 Å². The Balaban J connectivity index is 1.91. The molecule has 112 valence electrons. The van der Waals surface area contributed by atoms with E-state index >= 15 is 0 Å². The van der Waals surface area contributed by atoms with Crippen LogP contribution in [0.4, 0.5) is 0 Å². The third-order valence-corrected chi connectivity index (χ3v) is 6.11. The second-order valence-electron chi connectivity index (χ2n) is 5.77. The monoisotopic (exact) mass is 314 g/mol. The Kier molecular flexibility index (Phi) is 4.68. The Morgan fingerprint density at radius 3 is 2.55 bits per heavy atom. The van der Waals surface area contributed by atoms with Gasteiger partial charge >= 0.3 is 0 Å². The van der Waals surface area contributed by atoms with Crippen molar-refractivity contribution in [1.82, 2.24) is 10.2 Å². The van der Waals surface area contributed by atoms with Crippen LogP contribution < -0.4 is 5.32 Å². The first-order valence-electron chi connectivity index (χ1n) is 7.51. The topological polar surface area (TPSA) is 24.5 Å². The van der Waals surface area contributed by atoms with Crippen molar-refractivity contribution < 1.29 is 4.74 Å². The predicted molar refractivity (Wildman–Crippen MR) is 84.7 cm³/mol. The molecule has 0 amide bonds. The molecule has 2 aliphatic rings. The summed E-state index contributed by atoms with van der Waals surface area (Å²) in [6, 6.07) is 4.59. The van der Waals surface area contributed by atoms with Crippen molar-refractivity contribution in [3.63, 3.8) is 0 Å². The minimum Gasteiger partial charge on any atom is -0.379 e. The number of hydrogen-bond donors (Lipinski definition) is 1. The van der Waals surface area contributed by atoms with Gasteiger partial charge in [0, 0.05) is 23.5 Å². The van der Waals surface area contributed by atoms with E-state index in [9.17, 15) is 0 Å². The lowest BCUT2D eigenvalue weighted by Gasteiger charge is -2.48. The average Bonchev–Trinajstić information content (AvgIpc) is 3.12. The highest BCUT2D eigenvalue weighted by atomic mass is 35.5. The number of thiophene rings is 1. The Labute approximate surface area is 130 Å². The molecule has 3 nitrogen and oxygen atoms in total. The summed E-state index contributed by atoms with van der Waals surface area (Å²) in [5.41, 5.74) is 0.243. The zero-order chi connectivity index (χ0) is 14.0. The van der Waals surface area contributed by atoms with E-state index in [0.29, 0.717) is 6.04 Å². The lowest BCUT2D eigenvalue weighted by Crippen LogP contribution is -2.57. The smallest absolute Gasteiger partial charge is 0.0931 e. The van der Waals surface area contributed by atoms with Crippen molar-refractivity contribution in [3.8, 4) is 0 Å². The highest BCUT2D eigenvalue weighted by Gasteiger charge is 2.46. The summed E-state index contributed by atoms with van der Waals surface area (Å²) in [7, 11) is 2.08. The summed E-state index contributed by atoms with van der Waals surface area (Å²) in [6.45, 7) is 3.83. The zero-order valence-electron chi connectivity index (χ0n) is 12.0. The van der Waals surface area contributed by atoms with Crippen LogP contribution in [0.15, 0.2) is 12.1 Å². The molecule has 20 heavy (non-hydrogen) atoms. The molecule has 1 aromatic rings. The molecule has 1 unspecified atom stereocenters. The Morgan fingerprint density at radius 1 is 1.30 bits per heavy atom. The fraction of sp³-hybridized carbons (Fsp3) is 0.733. The van der Waals surface area contributed by atoms with Crippen LogP contribution >= 0.6 is 22.9 Å². The summed E-state index contributed by atoms with van der Waals surface area (Å²) in [6.07, 6.45) is 5.20. The van der Waals surface area contributed by atoms with E-state index in [1.54, 1.807) is 11.3 Å². The van der Waals surface area contributed by atoms with E-state index in [1.807, 2.05) is 6.07 Å². The van der Waals surface area contributed by atoms with Crippen molar-refractivity contribution in [2.75, 3.05) is 33.4 Å². The maximum Gasteiger partial charge on any atom is 0.0931 e. The molecule has 2 heterocycles. The summed E-state index contributed by atoms with van der Waals surface area (Å²) < 4.78 is 6.43. The van der Waals surface area contributed by atoms with Gasteiger partial charge in [0.05, 0.1) is 23.6 Å². The minimum absolute atomic E-state index is 0.243. The predicted octanol–water partition coefficient (Wildman–Crippen LogP) is 3.31. The molecule has 1 atom stereocenters. The lowest BCUT2D eigenvalue weighted by atomic mass is 9.84. The summed E-state index contributed by atoms with van der Waals surface area (Å²) >= 11 is 7.87. The van der Waals surface area contributed by atoms with Gasteiger partial charge in [-0.05, 0) is 32.0 Å². The largest absolute Gasteiger partial charge is 0.379 e. The van der Waals surface area contributed by atoms with Crippen molar-refractivity contribution >= 4 is 22.9 Å². The first kappa shape index (κ1) is 14.8. The van der Waals surface area contributed by atoms with Gasteiger partial charge in [0.25, 0.3) is 0 Å². The van der Waals surface area contributed by atoms with Crippen molar-refractivity contribution in [2.24, 2.45) is 0 Å². The number of halogens is 1. The van der Waals surface area contributed by atoms with Gasteiger partial charge < -0.3 is 10.1 Å². The standard InChI is InChI=1S/C15H23ClN2OS/c1-17-14(12-4-5-13(16)20-12)15(6-2-3-7-15)18-8-10-19-11-9-18/h4-5,14,17H,2-3,6-11H2,1H3. The Hall–Kier alpha value is -0.130. The van der Waals surface area contributed by atoms with Crippen LogP contribution in [-0.2, 0) is 4.74 Å². The molecule has 5 heteroatoms. The number of nitrogens with one attached hydrogen (secondary N) is 1. The van der Waals surface area contributed by atoms with Gasteiger partial charge in [-0.3, -0.25) is 4.90 Å². The molecule has 1 saturated heterocycles. The van der Waals surface area contributed by atoms with E-state index in [0.717, 1.165) is 30.6 Å². The van der Waals surface area contributed by atoms with Crippen LogP contribution in [0.25, 0.3) is 0 Å². The van der Waals surface area contributed by atoms with Crippen LogP contribution in [0.1, 0.15) is 36.6 Å². The molecule has 1 N–H and O–H groups in total. The minimum atomic E-state index is 0.243. The van der Waals surface area contributed by atoms with Gasteiger partial charge in [-0.2, -0.15) is 0 Å². The first-order valence-corrected chi connectivity index (χ1v) is 8.71. The van der Waals surface area contributed by atoms with Crippen molar-refractivity contribution in [3.05, 3.63) is 21.3 Å². The maximum atomic E-state index is 6.16. The molecule has 2 fully saturated rings. The highest BCUT2D eigenvalue weighted by molar-refractivity contribution is 7.16. The molecular formula is C15H23ClN2OS. The van der Waals surface area contributed by atoms with Gasteiger partial charge in [0.1, 0.15) is 0 Å². The maximum absolute atomic E-state index is 6.16. The van der Waals surface area contributed by atoms with Gasteiger partial charge in [-0.1, -0.05) is 24.4 Å². The van der Waals surface area contributed by atoms with Gasteiger partial charge in [-0.25, -0.2) is 0 Å². The molecular weight excluding hydrogens is 292 g/mol. The summed E-state index contributed by atoms with van der Waals surface area (Å²) in [4.78, 5) is 4.03. The molecule has 0 bridgehead atoms. The molecule has 3 rings (SSSR count). The van der Waals surface area contributed by atoms with Gasteiger partial charge in [0.2, 0.25) is 0 Å².